The third-order valence-electron chi connectivity index (χ3n) is 14.9. The summed E-state index contributed by atoms with van der Waals surface area (Å²) < 4.78 is 0. The van der Waals surface area contributed by atoms with E-state index in [-0.39, 0.29) is 5.41 Å². The summed E-state index contributed by atoms with van der Waals surface area (Å²) in [6.07, 6.45) is 36.9. The Labute approximate surface area is 378 Å². The molecule has 0 radical (unpaired) electrons. The van der Waals surface area contributed by atoms with E-state index in [2.05, 4.69) is 223 Å². The molecule has 64 heavy (non-hydrogen) atoms. The van der Waals surface area contributed by atoms with Crippen molar-refractivity contribution < 1.29 is 0 Å². The Kier molecular flexibility index (Phi) is 9.86. The monoisotopic (exact) mass is 823 g/mol. The Balaban J connectivity index is 0.785. The molecule has 1 nitrogen and oxygen atoms in total. The molecule has 310 valence electrons. The number of fused-ring (bicyclic) bond motifs is 3. The van der Waals surface area contributed by atoms with Gasteiger partial charge in [-0.15, -0.1) is 0 Å². The van der Waals surface area contributed by atoms with Gasteiger partial charge in [0.1, 0.15) is 0 Å². The summed E-state index contributed by atoms with van der Waals surface area (Å²) in [4.78, 5) is 2.52. The first kappa shape index (κ1) is 38.7. The normalized spacial score (nSPS) is 22.4. The van der Waals surface area contributed by atoms with Crippen LogP contribution in [0.1, 0.15) is 42.4 Å². The zero-order valence-electron chi connectivity index (χ0n) is 36.4. The predicted octanol–water partition coefficient (Wildman–Crippen LogP) is 15.9. The van der Waals surface area contributed by atoms with Gasteiger partial charge in [0, 0.05) is 23.3 Å². The molecular formula is C63H53N. The van der Waals surface area contributed by atoms with Crippen molar-refractivity contribution in [2.24, 2.45) is 23.2 Å². The third kappa shape index (κ3) is 7.14. The smallest absolute Gasteiger partial charge is 0.0411 e. The van der Waals surface area contributed by atoms with E-state index in [9.17, 15) is 0 Å². The fraction of sp³-hybridized carbons (Fsp3) is 0.175. The highest BCUT2D eigenvalue weighted by Gasteiger charge is 2.60. The van der Waals surface area contributed by atoms with Crippen molar-refractivity contribution in [3.8, 4) is 22.3 Å². The summed E-state index contributed by atoms with van der Waals surface area (Å²) in [5.74, 6) is 1.57. The first-order chi connectivity index (χ1) is 31.7. The maximum atomic E-state index is 2.52. The predicted molar refractivity (Wildman–Crippen MR) is 270 cm³/mol. The number of hydrogen-bond donors (Lipinski definition) is 0. The molecule has 1 heteroatoms. The van der Waals surface area contributed by atoms with Crippen LogP contribution in [0.25, 0.3) is 38.6 Å². The van der Waals surface area contributed by atoms with E-state index in [1.807, 2.05) is 0 Å². The lowest BCUT2D eigenvalue weighted by molar-refractivity contribution is 0.549. The number of benzene rings is 6. The zero-order valence-corrected chi connectivity index (χ0v) is 36.4. The first-order valence-electron chi connectivity index (χ1n) is 23.5. The van der Waals surface area contributed by atoms with E-state index >= 15 is 0 Å². The number of aryl methyl sites for hydroxylation is 1. The van der Waals surface area contributed by atoms with Crippen LogP contribution < -0.4 is 4.90 Å². The minimum Gasteiger partial charge on any atom is -0.341 e. The SMILES string of the molecule is C1=CCC=C(C2=CC(CN(c3ccc(-c4ccc(CCC5Cc6ccccc6C6=C5C=CC5=CC=CC7CC567)cc4)cc3)c3ccc(-c4ccc5ccccc5c4)cc3)CC=C2)C=C1. The van der Waals surface area contributed by atoms with Gasteiger partial charge in [-0.1, -0.05) is 188 Å². The van der Waals surface area contributed by atoms with Crippen LogP contribution in [0.15, 0.2) is 241 Å². The molecule has 1 saturated carbocycles. The molecule has 4 unspecified atom stereocenters. The van der Waals surface area contributed by atoms with Gasteiger partial charge in [0.05, 0.1) is 0 Å². The van der Waals surface area contributed by atoms with Crippen molar-refractivity contribution in [3.05, 3.63) is 257 Å². The number of anilines is 2. The molecule has 0 N–H and O–H groups in total. The van der Waals surface area contributed by atoms with Gasteiger partial charge in [-0.25, -0.2) is 0 Å². The van der Waals surface area contributed by atoms with Gasteiger partial charge in [-0.3, -0.25) is 0 Å². The average molecular weight is 824 g/mol. The molecule has 6 aliphatic rings. The second kappa shape index (κ2) is 16.3. The van der Waals surface area contributed by atoms with Crippen LogP contribution >= 0.6 is 0 Å². The second-order valence-corrected chi connectivity index (χ2v) is 18.7. The van der Waals surface area contributed by atoms with Crippen LogP contribution in [0.2, 0.25) is 0 Å². The minimum absolute atomic E-state index is 0.209. The molecule has 0 saturated heterocycles. The Morgan fingerprint density at radius 1 is 0.609 bits per heavy atom. The molecule has 0 aromatic heterocycles. The Hall–Kier alpha value is -6.96. The van der Waals surface area contributed by atoms with Gasteiger partial charge in [0.25, 0.3) is 0 Å². The third-order valence-corrected chi connectivity index (χ3v) is 14.9. The fourth-order valence-corrected chi connectivity index (χ4v) is 11.5. The molecule has 0 bridgehead atoms. The Morgan fingerprint density at radius 3 is 2.17 bits per heavy atom. The molecule has 12 rings (SSSR count). The lowest BCUT2D eigenvalue weighted by Gasteiger charge is -2.38. The number of nitrogens with zero attached hydrogens (tertiary/aromatic N) is 1. The van der Waals surface area contributed by atoms with Gasteiger partial charge >= 0.3 is 0 Å². The second-order valence-electron chi connectivity index (χ2n) is 18.7. The van der Waals surface area contributed by atoms with Gasteiger partial charge in [-0.05, 0) is 164 Å². The Bertz CT molecular complexity index is 3060. The zero-order chi connectivity index (χ0) is 42.5. The highest BCUT2D eigenvalue weighted by Crippen LogP contribution is 2.71. The molecule has 6 aromatic rings. The average Bonchev–Trinajstić information content (AvgIpc) is 4.16. The maximum absolute atomic E-state index is 2.52. The number of rotatable bonds is 10. The summed E-state index contributed by atoms with van der Waals surface area (Å²) >= 11 is 0. The summed E-state index contributed by atoms with van der Waals surface area (Å²) in [7, 11) is 0. The van der Waals surface area contributed by atoms with Crippen LogP contribution in [-0.4, -0.2) is 6.54 Å². The van der Waals surface area contributed by atoms with E-state index in [1.54, 1.807) is 11.1 Å². The first-order valence-corrected chi connectivity index (χ1v) is 23.5. The highest BCUT2D eigenvalue weighted by molar-refractivity contribution is 5.89. The van der Waals surface area contributed by atoms with Crippen LogP contribution in [-0.2, 0) is 12.8 Å². The molecule has 6 aliphatic carbocycles. The van der Waals surface area contributed by atoms with Crippen molar-refractivity contribution in [1.82, 2.24) is 0 Å². The van der Waals surface area contributed by atoms with Crippen molar-refractivity contribution in [3.63, 3.8) is 0 Å². The number of allylic oxidation sites excluding steroid dienone is 17. The lowest BCUT2D eigenvalue weighted by atomic mass is 9.66. The minimum atomic E-state index is 0.209. The molecule has 0 heterocycles. The molecule has 1 spiro atoms. The fourth-order valence-electron chi connectivity index (χ4n) is 11.5. The maximum Gasteiger partial charge on any atom is 0.0411 e. The molecule has 1 fully saturated rings. The van der Waals surface area contributed by atoms with E-state index in [4.69, 9.17) is 0 Å². The topological polar surface area (TPSA) is 3.24 Å². The van der Waals surface area contributed by atoms with Crippen LogP contribution in [0.3, 0.4) is 0 Å². The lowest BCUT2D eigenvalue weighted by Crippen LogP contribution is -2.25. The van der Waals surface area contributed by atoms with Crippen molar-refractivity contribution >= 4 is 27.7 Å². The molecule has 0 aliphatic heterocycles. The highest BCUT2D eigenvalue weighted by atomic mass is 15.1. The van der Waals surface area contributed by atoms with E-state index in [0.717, 1.165) is 32.2 Å². The quantitative estimate of drug-likeness (QED) is 0.133. The van der Waals surface area contributed by atoms with E-state index in [0.29, 0.717) is 17.8 Å². The van der Waals surface area contributed by atoms with Crippen LogP contribution in [0.4, 0.5) is 11.4 Å². The Morgan fingerprint density at radius 2 is 1.34 bits per heavy atom. The summed E-state index contributed by atoms with van der Waals surface area (Å²) in [5.41, 5.74) is 19.5. The van der Waals surface area contributed by atoms with Crippen LogP contribution in [0.5, 0.6) is 0 Å². The largest absolute Gasteiger partial charge is 0.341 e. The molecular weight excluding hydrogens is 771 g/mol. The summed E-state index contributed by atoms with van der Waals surface area (Å²) in [5, 5.41) is 2.54. The van der Waals surface area contributed by atoms with Crippen molar-refractivity contribution in [2.75, 3.05) is 11.4 Å². The molecule has 0 amide bonds. The van der Waals surface area contributed by atoms with Crippen molar-refractivity contribution in [1.29, 1.82) is 0 Å². The van der Waals surface area contributed by atoms with Gasteiger partial charge in [-0.2, -0.15) is 0 Å². The van der Waals surface area contributed by atoms with E-state index in [1.165, 1.54) is 90.7 Å². The van der Waals surface area contributed by atoms with Gasteiger partial charge < -0.3 is 4.90 Å². The summed E-state index contributed by atoms with van der Waals surface area (Å²) in [6.45, 7) is 0.893. The molecule has 4 atom stereocenters. The summed E-state index contributed by atoms with van der Waals surface area (Å²) in [6, 6.07) is 52.5. The van der Waals surface area contributed by atoms with Gasteiger partial charge in [0.15, 0.2) is 0 Å². The molecule has 6 aromatic carbocycles. The van der Waals surface area contributed by atoms with Gasteiger partial charge in [0.2, 0.25) is 0 Å². The van der Waals surface area contributed by atoms with Crippen LogP contribution in [0, 0.1) is 23.2 Å². The van der Waals surface area contributed by atoms with E-state index < -0.39 is 0 Å². The number of hydrogen-bond acceptors (Lipinski definition) is 1. The van der Waals surface area contributed by atoms with Crippen molar-refractivity contribution in [2.45, 2.75) is 38.5 Å². The standard InChI is InChI=1S/C63H53N/c1-2-4-13-46(12-3-1)51-17-9-11-45(39-51)43-64(59-36-31-50(32-37-59)53-28-27-47-14-5-6-15-52(47)40-53)58-34-29-49(30-35-58)48-24-21-44(22-25-48)23-26-55-41-54-16-7-8-20-60(54)62-61(55)38-33-56-18-10-19-57-42-63(56,57)62/h1-3,5-10,12-22,24-25,27-40,45,55,57H,4,11,23,26,41-43H2.